The van der Waals surface area contributed by atoms with E-state index in [9.17, 15) is 9.59 Å². The molecule has 30 heavy (non-hydrogen) atoms. The Morgan fingerprint density at radius 2 is 1.80 bits per heavy atom. The van der Waals surface area contributed by atoms with Gasteiger partial charge in [-0.15, -0.1) is 0 Å². The number of carbonyl (C=O) groups is 2. The lowest BCUT2D eigenvalue weighted by Gasteiger charge is -2.31. The number of hydrogen-bond donors (Lipinski definition) is 0. The zero-order valence-corrected chi connectivity index (χ0v) is 18.5. The maximum Gasteiger partial charge on any atom is 0.409 e. The molecule has 0 bridgehead atoms. The van der Waals surface area contributed by atoms with Gasteiger partial charge in [0.1, 0.15) is 5.75 Å². The molecule has 1 aromatic rings. The third-order valence-electron chi connectivity index (χ3n) is 4.75. The van der Waals surface area contributed by atoms with Gasteiger partial charge in [0.05, 0.1) is 33.5 Å². The topological polar surface area (TPSA) is 83.5 Å². The van der Waals surface area contributed by atoms with Gasteiger partial charge in [-0.1, -0.05) is 13.8 Å². The Morgan fingerprint density at radius 1 is 1.13 bits per heavy atom. The van der Waals surface area contributed by atoms with Crippen LogP contribution in [-0.2, 0) is 14.3 Å². The van der Waals surface area contributed by atoms with Gasteiger partial charge >= 0.3 is 12.1 Å². The van der Waals surface area contributed by atoms with Crippen LogP contribution in [0.25, 0.3) is 6.08 Å². The minimum Gasteiger partial charge on any atom is -0.496 e. The smallest absolute Gasteiger partial charge is 0.409 e. The Morgan fingerprint density at radius 3 is 2.37 bits per heavy atom. The van der Waals surface area contributed by atoms with Gasteiger partial charge in [-0.3, -0.25) is 0 Å². The fraction of sp³-hybridized carbons (Fsp3) is 0.545. The van der Waals surface area contributed by atoms with Gasteiger partial charge in [0.15, 0.2) is 11.5 Å². The Balaban J connectivity index is 2.49. The maximum atomic E-state index is 12.7. The minimum absolute atomic E-state index is 0.155. The number of benzene rings is 1. The van der Waals surface area contributed by atoms with Crippen LogP contribution in [0, 0.1) is 5.92 Å². The van der Waals surface area contributed by atoms with E-state index in [0.29, 0.717) is 40.8 Å². The number of ether oxygens (including phenoxy) is 5. The highest BCUT2D eigenvalue weighted by Gasteiger charge is 2.35. The molecule has 0 aliphatic carbocycles. The minimum atomic E-state index is -1.01. The molecule has 1 amide bonds. The highest BCUT2D eigenvalue weighted by atomic mass is 16.6. The van der Waals surface area contributed by atoms with E-state index in [1.165, 1.54) is 14.2 Å². The standard InChI is InChI=1S/C22H31NO7/c1-7-29-21(24)19-15(13-23(22(25)28-6)11-10-14(2)3)12-16-17(26-4)8-9-18(27-5)20(16)30-19/h8-9,12,14,19H,7,10-11,13H2,1-6H3/t19-/m0/s1. The summed E-state index contributed by atoms with van der Waals surface area (Å²) in [5.74, 6) is 1.30. The molecule has 0 saturated heterocycles. The van der Waals surface area contributed by atoms with E-state index in [1.807, 2.05) is 0 Å². The molecule has 166 valence electrons. The summed E-state index contributed by atoms with van der Waals surface area (Å²) in [5.41, 5.74) is 1.21. The summed E-state index contributed by atoms with van der Waals surface area (Å²) in [4.78, 5) is 26.6. The van der Waals surface area contributed by atoms with Crippen LogP contribution in [0.1, 0.15) is 32.8 Å². The molecule has 1 aromatic carbocycles. The number of esters is 1. The van der Waals surface area contributed by atoms with E-state index in [1.54, 1.807) is 37.1 Å². The van der Waals surface area contributed by atoms with E-state index < -0.39 is 18.2 Å². The monoisotopic (exact) mass is 421 g/mol. The number of amides is 1. The van der Waals surface area contributed by atoms with Crippen molar-refractivity contribution >= 4 is 18.1 Å². The average Bonchev–Trinajstić information content (AvgIpc) is 2.74. The molecule has 2 rings (SSSR count). The number of fused-ring (bicyclic) bond motifs is 1. The number of rotatable bonds is 9. The molecule has 0 radical (unpaired) electrons. The molecule has 1 aliphatic rings. The summed E-state index contributed by atoms with van der Waals surface area (Å²) in [5, 5.41) is 0. The average molecular weight is 421 g/mol. The lowest BCUT2D eigenvalue weighted by molar-refractivity contribution is -0.149. The Kier molecular flexibility index (Phi) is 8.38. The molecular weight excluding hydrogens is 390 g/mol. The maximum absolute atomic E-state index is 12.7. The highest BCUT2D eigenvalue weighted by Crippen LogP contribution is 2.43. The normalized spacial score (nSPS) is 14.9. The van der Waals surface area contributed by atoms with Crippen molar-refractivity contribution in [3.8, 4) is 17.2 Å². The molecule has 0 unspecified atom stereocenters. The third kappa shape index (κ3) is 5.37. The van der Waals surface area contributed by atoms with Crippen molar-refractivity contribution in [2.45, 2.75) is 33.3 Å². The van der Waals surface area contributed by atoms with Crippen LogP contribution < -0.4 is 14.2 Å². The van der Waals surface area contributed by atoms with Gasteiger partial charge in [-0.25, -0.2) is 9.59 Å². The second-order valence-corrected chi connectivity index (χ2v) is 7.26. The molecule has 0 saturated carbocycles. The number of carbonyl (C=O) groups excluding carboxylic acids is 2. The summed E-state index contributed by atoms with van der Waals surface area (Å²) >= 11 is 0. The molecule has 0 N–H and O–H groups in total. The second-order valence-electron chi connectivity index (χ2n) is 7.26. The van der Waals surface area contributed by atoms with Crippen molar-refractivity contribution in [1.29, 1.82) is 0 Å². The van der Waals surface area contributed by atoms with E-state index in [2.05, 4.69) is 13.8 Å². The summed E-state index contributed by atoms with van der Waals surface area (Å²) in [6, 6.07) is 3.47. The second kappa shape index (κ2) is 10.8. The summed E-state index contributed by atoms with van der Waals surface area (Å²) in [6.07, 6.45) is 1.11. The van der Waals surface area contributed by atoms with Gasteiger partial charge in [-0.2, -0.15) is 0 Å². The molecule has 1 heterocycles. The molecule has 0 fully saturated rings. The van der Waals surface area contributed by atoms with Gasteiger partial charge in [-0.05, 0) is 37.5 Å². The first-order chi connectivity index (χ1) is 14.4. The van der Waals surface area contributed by atoms with Gasteiger partial charge in [0, 0.05) is 18.7 Å². The van der Waals surface area contributed by atoms with Crippen molar-refractivity contribution < 1.29 is 33.3 Å². The molecule has 1 aliphatic heterocycles. The van der Waals surface area contributed by atoms with Crippen molar-refractivity contribution in [2.75, 3.05) is 41.0 Å². The molecule has 0 spiro atoms. The molecule has 0 aromatic heterocycles. The summed E-state index contributed by atoms with van der Waals surface area (Å²) < 4.78 is 27.0. The van der Waals surface area contributed by atoms with Crippen LogP contribution in [-0.4, -0.2) is 64.1 Å². The zero-order chi connectivity index (χ0) is 22.3. The molecule has 1 atom stereocenters. The lowest BCUT2D eigenvalue weighted by atomic mass is 9.99. The molecule has 8 nitrogen and oxygen atoms in total. The van der Waals surface area contributed by atoms with Crippen molar-refractivity contribution in [3.05, 3.63) is 23.3 Å². The summed E-state index contributed by atoms with van der Waals surface area (Å²) in [6.45, 7) is 6.73. The van der Waals surface area contributed by atoms with Crippen LogP contribution in [0.15, 0.2) is 17.7 Å². The van der Waals surface area contributed by atoms with E-state index in [-0.39, 0.29) is 13.2 Å². The lowest BCUT2D eigenvalue weighted by Crippen LogP contribution is -2.41. The number of nitrogens with zero attached hydrogens (tertiary/aromatic N) is 1. The van der Waals surface area contributed by atoms with Crippen LogP contribution in [0.4, 0.5) is 4.79 Å². The Hall–Kier alpha value is -2.90. The quantitative estimate of drug-likeness (QED) is 0.564. The Bertz CT molecular complexity index is 788. The highest BCUT2D eigenvalue weighted by molar-refractivity contribution is 5.85. The molecule has 8 heteroatoms. The van der Waals surface area contributed by atoms with Crippen molar-refractivity contribution in [1.82, 2.24) is 4.90 Å². The predicted octanol–water partition coefficient (Wildman–Crippen LogP) is 3.53. The van der Waals surface area contributed by atoms with Gasteiger partial charge < -0.3 is 28.6 Å². The predicted molar refractivity (Wildman–Crippen MR) is 112 cm³/mol. The number of methoxy groups -OCH3 is 3. The number of hydrogen-bond acceptors (Lipinski definition) is 7. The van der Waals surface area contributed by atoms with E-state index in [0.717, 1.165) is 6.42 Å². The SMILES string of the molecule is CCOC(=O)[C@H]1Oc2c(OC)ccc(OC)c2C=C1CN(CCC(C)C)C(=O)OC. The third-order valence-corrected chi connectivity index (χ3v) is 4.75. The van der Waals surface area contributed by atoms with Gasteiger partial charge in [0.2, 0.25) is 6.10 Å². The zero-order valence-electron chi connectivity index (χ0n) is 18.5. The van der Waals surface area contributed by atoms with Crippen LogP contribution in [0.5, 0.6) is 17.2 Å². The Labute approximate surface area is 177 Å². The van der Waals surface area contributed by atoms with Crippen LogP contribution in [0.3, 0.4) is 0 Å². The molecular formula is C22H31NO7. The van der Waals surface area contributed by atoms with Crippen LogP contribution >= 0.6 is 0 Å². The fourth-order valence-electron chi connectivity index (χ4n) is 3.16. The van der Waals surface area contributed by atoms with E-state index in [4.69, 9.17) is 23.7 Å². The fourth-order valence-corrected chi connectivity index (χ4v) is 3.16. The summed E-state index contributed by atoms with van der Waals surface area (Å²) in [7, 11) is 4.41. The van der Waals surface area contributed by atoms with E-state index >= 15 is 0 Å². The first-order valence-electron chi connectivity index (χ1n) is 9.97. The largest absolute Gasteiger partial charge is 0.496 e. The van der Waals surface area contributed by atoms with Crippen LogP contribution in [0.2, 0.25) is 0 Å². The first-order valence-corrected chi connectivity index (χ1v) is 9.97. The van der Waals surface area contributed by atoms with Crippen molar-refractivity contribution in [2.24, 2.45) is 5.92 Å². The first kappa shape index (κ1) is 23.4. The van der Waals surface area contributed by atoms with Crippen molar-refractivity contribution in [3.63, 3.8) is 0 Å². The van der Waals surface area contributed by atoms with Gasteiger partial charge in [0.25, 0.3) is 0 Å².